The third-order valence-electron chi connectivity index (χ3n) is 3.68. The highest BCUT2D eigenvalue weighted by Crippen LogP contribution is 2.23. The van der Waals surface area contributed by atoms with Gasteiger partial charge in [-0.25, -0.2) is 0 Å². The van der Waals surface area contributed by atoms with E-state index >= 15 is 0 Å². The van der Waals surface area contributed by atoms with Gasteiger partial charge in [0, 0.05) is 0 Å². The maximum atomic E-state index is 2.66. The molecule has 0 aromatic rings. The fourth-order valence-electron chi connectivity index (χ4n) is 3.04. The molecule has 0 amide bonds. The first-order valence-electron chi connectivity index (χ1n) is 6.96. The molecule has 0 aromatic carbocycles. The molecule has 0 aliphatic heterocycles. The van der Waals surface area contributed by atoms with Crippen molar-refractivity contribution in [2.24, 2.45) is 0 Å². The lowest BCUT2D eigenvalue weighted by Crippen LogP contribution is -2.62. The van der Waals surface area contributed by atoms with Crippen molar-refractivity contribution in [3.63, 3.8) is 0 Å². The van der Waals surface area contributed by atoms with Gasteiger partial charge in [-0.3, -0.25) is 9.80 Å². The van der Waals surface area contributed by atoms with Gasteiger partial charge in [-0.1, -0.05) is 47.1 Å². The van der Waals surface area contributed by atoms with Gasteiger partial charge in [0.05, 0.1) is 14.8 Å². The Labute approximate surface area is 105 Å². The Morgan fingerprint density at radius 2 is 1.19 bits per heavy atom. The van der Waals surface area contributed by atoms with E-state index in [1.165, 1.54) is 26.2 Å². The Morgan fingerprint density at radius 3 is 1.38 bits per heavy atom. The van der Waals surface area contributed by atoms with Gasteiger partial charge in [-0.15, -0.1) is 0 Å². The minimum absolute atomic E-state index is 0.123. The lowest BCUT2D eigenvalue weighted by molar-refractivity contribution is 0.0292. The van der Waals surface area contributed by atoms with Crippen LogP contribution >= 0.6 is 0 Å². The molecule has 16 heavy (non-hydrogen) atoms. The molecule has 0 rings (SSSR count). The van der Waals surface area contributed by atoms with Crippen LogP contribution in [0.4, 0.5) is 0 Å². The van der Waals surface area contributed by atoms with Gasteiger partial charge in [-0.05, 0) is 33.1 Å². The Morgan fingerprint density at radius 1 is 0.875 bits per heavy atom. The minimum Gasteiger partial charge on any atom is -0.290 e. The van der Waals surface area contributed by atoms with E-state index in [0.717, 1.165) is 5.54 Å². The van der Waals surface area contributed by atoms with E-state index in [0.29, 0.717) is 5.29 Å². The Bertz CT molecular complexity index is 163. The highest BCUT2D eigenvalue weighted by Gasteiger charge is 2.35. The van der Waals surface area contributed by atoms with Crippen LogP contribution in [0.2, 0.25) is 5.54 Å². The lowest BCUT2D eigenvalue weighted by Gasteiger charge is -2.49. The Hall–Kier alpha value is 0.137. The minimum atomic E-state index is -0.123. The average molecular weight is 244 g/mol. The molecule has 0 bridgehead atoms. The summed E-state index contributed by atoms with van der Waals surface area (Å²) in [6.07, 6.45) is 0. The molecular formula is C13H32N2Si. The zero-order valence-electron chi connectivity index (χ0n) is 12.5. The first kappa shape index (κ1) is 16.1. The van der Waals surface area contributed by atoms with Gasteiger partial charge in [0.1, 0.15) is 0 Å². The summed E-state index contributed by atoms with van der Waals surface area (Å²) < 4.78 is 0. The summed E-state index contributed by atoms with van der Waals surface area (Å²) in [6, 6.07) is 0. The monoisotopic (exact) mass is 244 g/mol. The van der Waals surface area contributed by atoms with Crippen molar-refractivity contribution in [3.8, 4) is 0 Å². The lowest BCUT2D eigenvalue weighted by atomic mass is 10.3. The van der Waals surface area contributed by atoms with E-state index < -0.39 is 0 Å². The predicted octanol–water partition coefficient (Wildman–Crippen LogP) is 2.34. The normalized spacial score (nSPS) is 13.9. The first-order valence-corrected chi connectivity index (χ1v) is 8.48. The van der Waals surface area contributed by atoms with Crippen LogP contribution in [-0.2, 0) is 0 Å². The van der Waals surface area contributed by atoms with Gasteiger partial charge in [0.25, 0.3) is 0 Å². The van der Waals surface area contributed by atoms with E-state index in [1.54, 1.807) is 0 Å². The third kappa shape index (κ3) is 3.86. The van der Waals surface area contributed by atoms with Gasteiger partial charge < -0.3 is 0 Å². The highest BCUT2D eigenvalue weighted by molar-refractivity contribution is 6.41. The van der Waals surface area contributed by atoms with Crippen LogP contribution < -0.4 is 0 Å². The second-order valence-electron chi connectivity index (χ2n) is 5.16. The molecule has 0 heterocycles. The quantitative estimate of drug-likeness (QED) is 0.478. The van der Waals surface area contributed by atoms with Crippen molar-refractivity contribution in [3.05, 3.63) is 0 Å². The fourth-order valence-corrected chi connectivity index (χ4v) is 6.00. The summed E-state index contributed by atoms with van der Waals surface area (Å²) >= 11 is 0. The van der Waals surface area contributed by atoms with Crippen LogP contribution in [0.5, 0.6) is 0 Å². The van der Waals surface area contributed by atoms with Crippen molar-refractivity contribution in [2.75, 3.05) is 26.2 Å². The summed E-state index contributed by atoms with van der Waals surface area (Å²) in [5.41, 5.74) is 0.881. The summed E-state index contributed by atoms with van der Waals surface area (Å²) in [6.45, 7) is 21.1. The molecule has 0 aliphatic rings. The maximum absolute atomic E-state index is 2.66. The van der Waals surface area contributed by atoms with Crippen molar-refractivity contribution in [1.82, 2.24) is 9.80 Å². The van der Waals surface area contributed by atoms with Crippen LogP contribution in [0.25, 0.3) is 0 Å². The second kappa shape index (κ2) is 7.46. The molecular weight excluding hydrogens is 212 g/mol. The maximum Gasteiger partial charge on any atom is 0.0654 e. The van der Waals surface area contributed by atoms with Gasteiger partial charge in [0.15, 0.2) is 0 Å². The van der Waals surface area contributed by atoms with E-state index in [4.69, 9.17) is 0 Å². The smallest absolute Gasteiger partial charge is 0.0654 e. The summed E-state index contributed by atoms with van der Waals surface area (Å²) in [4.78, 5) is 5.32. The van der Waals surface area contributed by atoms with Crippen LogP contribution in [0, 0.1) is 0 Å². The zero-order chi connectivity index (χ0) is 12.8. The third-order valence-corrected chi connectivity index (χ3v) is 6.17. The van der Waals surface area contributed by atoms with Gasteiger partial charge in [0.2, 0.25) is 0 Å². The molecule has 0 unspecified atom stereocenters. The molecule has 98 valence electrons. The van der Waals surface area contributed by atoms with E-state index in [9.17, 15) is 0 Å². The number of hydrogen-bond acceptors (Lipinski definition) is 2. The molecule has 0 N–H and O–H groups in total. The van der Waals surface area contributed by atoms with Crippen molar-refractivity contribution >= 4 is 9.52 Å². The molecule has 0 saturated heterocycles. The zero-order valence-corrected chi connectivity index (χ0v) is 13.9. The summed E-state index contributed by atoms with van der Waals surface area (Å²) in [5, 5.41) is 0.362. The molecule has 0 spiro atoms. The van der Waals surface area contributed by atoms with Crippen molar-refractivity contribution < 1.29 is 0 Å². The predicted molar refractivity (Wildman–Crippen MR) is 77.9 cm³/mol. The second-order valence-corrected chi connectivity index (χ2v) is 8.54. The van der Waals surface area contributed by atoms with Crippen LogP contribution in [0.1, 0.15) is 48.5 Å². The number of hydrogen-bond donors (Lipinski definition) is 0. The van der Waals surface area contributed by atoms with Crippen LogP contribution in [0.3, 0.4) is 0 Å². The topological polar surface area (TPSA) is 6.48 Å². The Kier molecular flexibility index (Phi) is 7.52. The molecule has 2 nitrogen and oxygen atoms in total. The highest BCUT2D eigenvalue weighted by atomic mass is 28.2. The number of nitrogens with zero attached hydrogens (tertiary/aromatic N) is 2. The number of rotatable bonds is 8. The van der Waals surface area contributed by atoms with Crippen molar-refractivity contribution in [1.29, 1.82) is 0 Å². The largest absolute Gasteiger partial charge is 0.290 e. The van der Waals surface area contributed by atoms with Crippen LogP contribution in [-0.4, -0.2) is 50.8 Å². The molecule has 0 radical (unpaired) electrons. The summed E-state index contributed by atoms with van der Waals surface area (Å²) in [7, 11) is -0.123. The van der Waals surface area contributed by atoms with E-state index in [1.807, 2.05) is 0 Å². The van der Waals surface area contributed by atoms with Crippen molar-refractivity contribution in [2.45, 2.75) is 59.3 Å². The Balaban J connectivity index is 4.97. The first-order chi connectivity index (χ1) is 7.46. The fraction of sp³-hybridized carbons (Fsp3) is 1.00. The molecule has 0 saturated carbocycles. The average Bonchev–Trinajstić information content (AvgIpc) is 2.19. The van der Waals surface area contributed by atoms with Crippen LogP contribution in [0.15, 0.2) is 0 Å². The van der Waals surface area contributed by atoms with E-state index in [-0.39, 0.29) is 9.52 Å². The van der Waals surface area contributed by atoms with Gasteiger partial charge >= 0.3 is 0 Å². The van der Waals surface area contributed by atoms with E-state index in [2.05, 4.69) is 58.3 Å². The SMILES string of the molecule is CCN(CC)C(C)([SiH2]C(C)C)N(CC)CC. The molecule has 3 heteroatoms. The molecule has 0 fully saturated rings. The molecule has 0 aliphatic carbocycles. The van der Waals surface area contributed by atoms with Gasteiger partial charge in [-0.2, -0.15) is 0 Å². The molecule has 0 atom stereocenters. The standard InChI is InChI=1S/C13H32N2Si/c1-8-14(9-2)13(7,16-12(5)6)15(10-3)11-4/h12H,8-11,16H2,1-7H3. The molecule has 0 aromatic heterocycles. The summed E-state index contributed by atoms with van der Waals surface area (Å²) in [5.74, 6) is 0.